The minimum atomic E-state index is -2.20. The van der Waals surface area contributed by atoms with Crippen molar-refractivity contribution in [2.24, 2.45) is 0 Å². The summed E-state index contributed by atoms with van der Waals surface area (Å²) in [7, 11) is 0. The number of nitrogens with one attached hydrogen (secondary N) is 2. The van der Waals surface area contributed by atoms with Crippen LogP contribution in [0.25, 0.3) is 0 Å². The average molecular weight is 165 g/mol. The number of hydrogen-bond donors (Lipinski definition) is 3. The quantitative estimate of drug-likeness (QED) is 0.202. The summed E-state index contributed by atoms with van der Waals surface area (Å²) >= 11 is 2.13. The molecule has 0 fully saturated rings. The average Bonchev–Trinajstić information content (AvgIpc) is 1.63. The van der Waals surface area contributed by atoms with E-state index in [1.165, 1.54) is 6.19 Å². The third-order valence-electron chi connectivity index (χ3n) is 0.349. The summed E-state index contributed by atoms with van der Waals surface area (Å²) in [5, 5.41) is 9.66. The van der Waals surface area contributed by atoms with Crippen molar-refractivity contribution in [1.82, 2.24) is 10.0 Å². The van der Waals surface area contributed by atoms with Crippen molar-refractivity contribution in [3.63, 3.8) is 0 Å². The Morgan fingerprint density at radius 2 is 2.44 bits per heavy atom. The highest BCUT2D eigenvalue weighted by Crippen LogP contribution is 1.65. The van der Waals surface area contributed by atoms with Crippen LogP contribution < -0.4 is 10.0 Å². The van der Waals surface area contributed by atoms with Gasteiger partial charge in [-0.3, -0.25) is 14.6 Å². The van der Waals surface area contributed by atoms with Crippen LogP contribution in [0.2, 0.25) is 0 Å². The Hall–Kier alpha value is -0.710. The Morgan fingerprint density at radius 1 is 1.89 bits per heavy atom. The second-order valence-electron chi connectivity index (χ2n) is 0.917. The largest absolute Gasteiger partial charge is 0.289 e. The van der Waals surface area contributed by atoms with E-state index in [9.17, 15) is 4.21 Å². The second kappa shape index (κ2) is 4.20. The molecule has 0 heterocycles. The first-order valence-corrected chi connectivity index (χ1v) is 3.25. The highest BCUT2D eigenvalue weighted by molar-refractivity contribution is 7.84. The van der Waals surface area contributed by atoms with Gasteiger partial charge in [0.15, 0.2) is 11.3 Å². The summed E-state index contributed by atoms with van der Waals surface area (Å²) in [4.78, 5) is 0. The van der Waals surface area contributed by atoms with Gasteiger partial charge >= 0.3 is 0 Å². The van der Waals surface area contributed by atoms with Crippen molar-refractivity contribution >= 4 is 28.6 Å². The first-order chi connectivity index (χ1) is 4.16. The third-order valence-corrected chi connectivity index (χ3v) is 1.06. The molecule has 0 rings (SSSR count). The molecule has 1 unspecified atom stereocenters. The molecule has 9 heavy (non-hydrogen) atoms. The number of rotatable bonds is 1. The zero-order valence-corrected chi connectivity index (χ0v) is 5.75. The molecule has 0 aromatic carbocycles. The molecule has 50 valence electrons. The van der Waals surface area contributed by atoms with E-state index in [0.29, 0.717) is 0 Å². The lowest BCUT2D eigenvalue weighted by molar-refractivity contribution is 0.560. The van der Waals surface area contributed by atoms with E-state index in [0.717, 1.165) is 0 Å². The van der Waals surface area contributed by atoms with Gasteiger partial charge in [-0.1, -0.05) is 0 Å². The van der Waals surface area contributed by atoms with Crippen LogP contribution >= 0.6 is 12.2 Å². The SMILES string of the molecule is N#CNC(=S)NS(=O)O. The maximum atomic E-state index is 9.85. The van der Waals surface area contributed by atoms with E-state index in [4.69, 9.17) is 9.81 Å². The maximum absolute atomic E-state index is 9.85. The lowest BCUT2D eigenvalue weighted by atomic mass is 11.1. The molecule has 0 aromatic heterocycles. The number of thiocarbonyl (C=S) groups is 1. The van der Waals surface area contributed by atoms with E-state index in [-0.39, 0.29) is 5.11 Å². The molecule has 0 aliphatic rings. The van der Waals surface area contributed by atoms with Gasteiger partial charge in [0.05, 0.1) is 0 Å². The van der Waals surface area contributed by atoms with Crippen LogP contribution in [0, 0.1) is 11.5 Å². The van der Waals surface area contributed by atoms with Crippen LogP contribution in [0.15, 0.2) is 0 Å². The smallest absolute Gasteiger partial charge is 0.260 e. The Balaban J connectivity index is 3.54. The van der Waals surface area contributed by atoms with E-state index in [1.54, 1.807) is 0 Å². The molecule has 0 bridgehead atoms. The Labute approximate surface area is 59.5 Å². The van der Waals surface area contributed by atoms with Gasteiger partial charge in [-0.05, 0) is 12.2 Å². The maximum Gasteiger partial charge on any atom is 0.260 e. The first-order valence-electron chi connectivity index (χ1n) is 1.73. The Kier molecular flexibility index (Phi) is 3.87. The fourth-order valence-electron chi connectivity index (χ4n) is 0.156. The molecule has 1 atom stereocenters. The molecule has 0 aliphatic heterocycles. The van der Waals surface area contributed by atoms with Gasteiger partial charge in [0.2, 0.25) is 0 Å². The highest BCUT2D eigenvalue weighted by Gasteiger charge is 1.94. The van der Waals surface area contributed by atoms with E-state index >= 15 is 0 Å². The summed E-state index contributed by atoms with van der Waals surface area (Å²) in [6.07, 6.45) is 1.47. The summed E-state index contributed by atoms with van der Waals surface area (Å²) < 4.78 is 19.8. The van der Waals surface area contributed by atoms with Crippen molar-refractivity contribution in [2.75, 3.05) is 0 Å². The van der Waals surface area contributed by atoms with E-state index < -0.39 is 11.3 Å². The molecule has 0 radical (unpaired) electrons. The summed E-state index contributed by atoms with van der Waals surface area (Å²) in [5.74, 6) is 0. The predicted octanol–water partition coefficient (Wildman–Crippen LogP) is -0.932. The van der Waals surface area contributed by atoms with Gasteiger partial charge in [-0.2, -0.15) is 5.26 Å². The normalized spacial score (nSPS) is 11.1. The molecule has 0 aromatic rings. The monoisotopic (exact) mass is 165 g/mol. The minimum absolute atomic E-state index is 0.168. The molecule has 5 nitrogen and oxygen atoms in total. The lowest BCUT2D eigenvalue weighted by Gasteiger charge is -1.96. The summed E-state index contributed by atoms with van der Waals surface area (Å²) in [6, 6.07) is 0. The fraction of sp³-hybridized carbons (Fsp3) is 0. The molecule has 0 spiro atoms. The number of nitrogens with zero attached hydrogens (tertiary/aromatic N) is 1. The highest BCUT2D eigenvalue weighted by atomic mass is 32.2. The second-order valence-corrected chi connectivity index (χ2v) is 2.03. The van der Waals surface area contributed by atoms with Gasteiger partial charge in [-0.25, -0.2) is 4.21 Å². The van der Waals surface area contributed by atoms with E-state index in [2.05, 4.69) is 12.2 Å². The molecule has 0 saturated heterocycles. The van der Waals surface area contributed by atoms with Crippen LogP contribution in [0.3, 0.4) is 0 Å². The zero-order chi connectivity index (χ0) is 7.28. The summed E-state index contributed by atoms with van der Waals surface area (Å²) in [6.45, 7) is 0. The van der Waals surface area contributed by atoms with Crippen LogP contribution in [-0.2, 0) is 11.3 Å². The van der Waals surface area contributed by atoms with Gasteiger partial charge in [0.25, 0.3) is 11.3 Å². The standard InChI is InChI=1S/C2H3N3O2S2/c3-1-4-2(8)5-9(6)7/h(H,6,7)(H2,4,5,8). The van der Waals surface area contributed by atoms with Crippen LogP contribution in [0.5, 0.6) is 0 Å². The summed E-state index contributed by atoms with van der Waals surface area (Å²) in [5.41, 5.74) is 0. The Morgan fingerprint density at radius 3 is 2.78 bits per heavy atom. The number of nitriles is 1. The fourth-order valence-corrected chi connectivity index (χ4v) is 0.625. The van der Waals surface area contributed by atoms with E-state index in [1.807, 2.05) is 10.0 Å². The molecular weight excluding hydrogens is 162 g/mol. The molecule has 3 N–H and O–H groups in total. The molecule has 0 amide bonds. The van der Waals surface area contributed by atoms with Crippen LogP contribution in [0.4, 0.5) is 0 Å². The van der Waals surface area contributed by atoms with Gasteiger partial charge in [0, 0.05) is 0 Å². The van der Waals surface area contributed by atoms with Crippen molar-refractivity contribution in [3.8, 4) is 6.19 Å². The molecule has 0 aliphatic carbocycles. The molecule has 0 saturated carbocycles. The topological polar surface area (TPSA) is 85.2 Å². The van der Waals surface area contributed by atoms with Crippen molar-refractivity contribution in [1.29, 1.82) is 5.26 Å². The Bertz CT molecular complexity index is 173. The van der Waals surface area contributed by atoms with Gasteiger partial charge < -0.3 is 0 Å². The van der Waals surface area contributed by atoms with Crippen LogP contribution in [-0.4, -0.2) is 13.9 Å². The zero-order valence-electron chi connectivity index (χ0n) is 4.12. The molecular formula is C2H3N3O2S2. The molecule has 7 heteroatoms. The number of hydrogen-bond acceptors (Lipinski definition) is 3. The van der Waals surface area contributed by atoms with Crippen molar-refractivity contribution in [3.05, 3.63) is 0 Å². The predicted molar refractivity (Wildman–Crippen MR) is 35.3 cm³/mol. The van der Waals surface area contributed by atoms with Gasteiger partial charge in [-0.15, -0.1) is 0 Å². The third kappa shape index (κ3) is 5.16. The minimum Gasteiger partial charge on any atom is -0.289 e. The van der Waals surface area contributed by atoms with Crippen molar-refractivity contribution in [2.45, 2.75) is 0 Å². The van der Waals surface area contributed by atoms with Gasteiger partial charge in [0.1, 0.15) is 0 Å². The lowest BCUT2D eigenvalue weighted by Crippen LogP contribution is -2.32. The van der Waals surface area contributed by atoms with Crippen molar-refractivity contribution < 1.29 is 8.76 Å². The van der Waals surface area contributed by atoms with Crippen LogP contribution in [0.1, 0.15) is 0 Å². The first kappa shape index (κ1) is 8.29.